The maximum atomic E-state index is 12.3. The zero-order valence-corrected chi connectivity index (χ0v) is 13.8. The molecule has 1 aliphatic heterocycles. The number of aryl methyl sites for hydroxylation is 1. The average Bonchev–Trinajstić information content (AvgIpc) is 2.27. The Balaban J connectivity index is 2.45. The van der Waals surface area contributed by atoms with Crippen molar-refractivity contribution in [3.63, 3.8) is 0 Å². The van der Waals surface area contributed by atoms with Gasteiger partial charge in [0.15, 0.2) is 0 Å². The first-order chi connectivity index (χ1) is 8.63. The molecule has 0 aliphatic carbocycles. The summed E-state index contributed by atoms with van der Waals surface area (Å²) >= 11 is 3.52. The molecular formula is C15H21BrN2O. The second-order valence-corrected chi connectivity index (χ2v) is 7.27. The van der Waals surface area contributed by atoms with E-state index in [0.717, 1.165) is 16.7 Å². The summed E-state index contributed by atoms with van der Waals surface area (Å²) in [7, 11) is 0. The van der Waals surface area contributed by atoms with Crippen molar-refractivity contribution < 1.29 is 4.79 Å². The molecule has 1 aromatic rings. The van der Waals surface area contributed by atoms with Gasteiger partial charge in [0.25, 0.3) is 0 Å². The molecular weight excluding hydrogens is 304 g/mol. The third kappa shape index (κ3) is 2.64. The number of halogens is 1. The van der Waals surface area contributed by atoms with Gasteiger partial charge in [-0.1, -0.05) is 15.9 Å². The van der Waals surface area contributed by atoms with Crippen molar-refractivity contribution in [1.29, 1.82) is 0 Å². The molecule has 4 heteroatoms. The van der Waals surface area contributed by atoms with E-state index < -0.39 is 5.54 Å². The number of amides is 1. The number of nitrogens with zero attached hydrogens (tertiary/aromatic N) is 1. The van der Waals surface area contributed by atoms with Crippen LogP contribution in [0.5, 0.6) is 0 Å². The highest BCUT2D eigenvalue weighted by Gasteiger charge is 2.44. The Hall–Kier alpha value is -1.03. The Morgan fingerprint density at radius 1 is 1.26 bits per heavy atom. The molecule has 0 atom stereocenters. The third-order valence-corrected chi connectivity index (χ3v) is 4.58. The van der Waals surface area contributed by atoms with E-state index in [1.165, 1.54) is 5.56 Å². The van der Waals surface area contributed by atoms with Crippen LogP contribution in [0.15, 0.2) is 22.7 Å². The van der Waals surface area contributed by atoms with E-state index in [4.69, 9.17) is 0 Å². The lowest BCUT2D eigenvalue weighted by molar-refractivity contribution is -0.128. The Morgan fingerprint density at radius 3 is 2.47 bits per heavy atom. The van der Waals surface area contributed by atoms with Crippen molar-refractivity contribution in [1.82, 2.24) is 5.32 Å². The van der Waals surface area contributed by atoms with Crippen LogP contribution in [0.1, 0.15) is 33.3 Å². The van der Waals surface area contributed by atoms with Gasteiger partial charge in [-0.25, -0.2) is 0 Å². The largest absolute Gasteiger partial charge is 0.355 e. The van der Waals surface area contributed by atoms with Gasteiger partial charge in [-0.2, -0.15) is 0 Å². The highest BCUT2D eigenvalue weighted by Crippen LogP contribution is 2.32. The maximum Gasteiger partial charge on any atom is 0.245 e. The molecule has 0 unspecified atom stereocenters. The Kier molecular flexibility index (Phi) is 3.42. The van der Waals surface area contributed by atoms with Crippen LogP contribution in [0.2, 0.25) is 0 Å². The zero-order valence-electron chi connectivity index (χ0n) is 12.2. The summed E-state index contributed by atoms with van der Waals surface area (Å²) in [5, 5.41) is 3.08. The van der Waals surface area contributed by atoms with E-state index in [2.05, 4.69) is 59.1 Å². The van der Waals surface area contributed by atoms with Crippen molar-refractivity contribution in [3.05, 3.63) is 28.2 Å². The minimum atomic E-state index is -0.532. The van der Waals surface area contributed by atoms with Crippen molar-refractivity contribution in [2.24, 2.45) is 0 Å². The fourth-order valence-corrected chi connectivity index (χ4v) is 2.67. The van der Waals surface area contributed by atoms with Gasteiger partial charge in [0, 0.05) is 16.7 Å². The highest BCUT2D eigenvalue weighted by atomic mass is 79.9. The first kappa shape index (κ1) is 14.4. The SMILES string of the molecule is Cc1cc(N2CC(C)(C)NC(=O)C2(C)C)ccc1Br. The van der Waals surface area contributed by atoms with Gasteiger partial charge in [-0.15, -0.1) is 0 Å². The van der Waals surface area contributed by atoms with Crippen molar-refractivity contribution in [3.8, 4) is 0 Å². The van der Waals surface area contributed by atoms with Gasteiger partial charge in [-0.05, 0) is 58.4 Å². The predicted molar refractivity (Wildman–Crippen MR) is 82.5 cm³/mol. The van der Waals surface area contributed by atoms with E-state index in [0.29, 0.717) is 0 Å². The van der Waals surface area contributed by atoms with Gasteiger partial charge in [0.05, 0.1) is 5.54 Å². The number of rotatable bonds is 1. The molecule has 0 saturated carbocycles. The van der Waals surface area contributed by atoms with E-state index in [1.807, 2.05) is 19.9 Å². The number of carbonyl (C=O) groups is 1. The topological polar surface area (TPSA) is 32.3 Å². The fourth-order valence-electron chi connectivity index (χ4n) is 2.43. The van der Waals surface area contributed by atoms with Crippen LogP contribution >= 0.6 is 15.9 Å². The minimum Gasteiger partial charge on any atom is -0.355 e. The fraction of sp³-hybridized carbons (Fsp3) is 0.533. The zero-order chi connectivity index (χ0) is 14.4. The summed E-state index contributed by atoms with van der Waals surface area (Å²) in [5.74, 6) is 0.0734. The summed E-state index contributed by atoms with van der Waals surface area (Å²) in [6.07, 6.45) is 0. The van der Waals surface area contributed by atoms with Crippen molar-refractivity contribution in [2.45, 2.75) is 45.7 Å². The molecule has 1 saturated heterocycles. The molecule has 2 rings (SSSR count). The molecule has 1 fully saturated rings. The lowest BCUT2D eigenvalue weighted by Gasteiger charge is -2.49. The van der Waals surface area contributed by atoms with Crippen molar-refractivity contribution in [2.75, 3.05) is 11.4 Å². The molecule has 0 radical (unpaired) electrons. The van der Waals surface area contributed by atoms with Crippen LogP contribution in [-0.2, 0) is 4.79 Å². The Labute approximate surface area is 123 Å². The monoisotopic (exact) mass is 324 g/mol. The molecule has 3 nitrogen and oxygen atoms in total. The summed E-state index contributed by atoms with van der Waals surface area (Å²) in [5.41, 5.74) is 1.52. The first-order valence-electron chi connectivity index (χ1n) is 6.50. The summed E-state index contributed by atoms with van der Waals surface area (Å²) in [6, 6.07) is 6.23. The lowest BCUT2D eigenvalue weighted by atomic mass is 9.90. The summed E-state index contributed by atoms with van der Waals surface area (Å²) in [6.45, 7) is 10.9. The number of carbonyl (C=O) groups excluding carboxylic acids is 1. The molecule has 1 aromatic carbocycles. The van der Waals surface area contributed by atoms with Crippen LogP contribution in [0.3, 0.4) is 0 Å². The van der Waals surface area contributed by atoms with Gasteiger partial charge in [-0.3, -0.25) is 4.79 Å². The van der Waals surface area contributed by atoms with Crippen LogP contribution < -0.4 is 10.2 Å². The number of nitrogens with one attached hydrogen (secondary N) is 1. The number of benzene rings is 1. The summed E-state index contributed by atoms with van der Waals surface area (Å²) < 4.78 is 1.09. The van der Waals surface area contributed by atoms with Gasteiger partial charge >= 0.3 is 0 Å². The van der Waals surface area contributed by atoms with Crippen LogP contribution in [-0.4, -0.2) is 23.5 Å². The molecule has 19 heavy (non-hydrogen) atoms. The van der Waals surface area contributed by atoms with Gasteiger partial charge < -0.3 is 10.2 Å². The number of hydrogen-bond acceptors (Lipinski definition) is 2. The molecule has 0 spiro atoms. The van der Waals surface area contributed by atoms with Gasteiger partial charge in [0.2, 0.25) is 5.91 Å². The van der Waals surface area contributed by atoms with Crippen molar-refractivity contribution >= 4 is 27.5 Å². The molecule has 1 amide bonds. The van der Waals surface area contributed by atoms with Gasteiger partial charge in [0.1, 0.15) is 5.54 Å². The first-order valence-corrected chi connectivity index (χ1v) is 7.29. The number of hydrogen-bond donors (Lipinski definition) is 1. The molecule has 1 heterocycles. The molecule has 0 bridgehead atoms. The van der Waals surface area contributed by atoms with Crippen LogP contribution in [0, 0.1) is 6.92 Å². The highest BCUT2D eigenvalue weighted by molar-refractivity contribution is 9.10. The van der Waals surface area contributed by atoms with E-state index in [9.17, 15) is 4.79 Å². The second-order valence-electron chi connectivity index (χ2n) is 6.42. The normalized spacial score (nSPS) is 21.2. The van der Waals surface area contributed by atoms with Crippen LogP contribution in [0.4, 0.5) is 5.69 Å². The standard InChI is InChI=1S/C15H21BrN2O/c1-10-8-11(6-7-12(10)16)18-9-14(2,3)17-13(19)15(18,4)5/h6-8H,9H2,1-5H3,(H,17,19). The number of piperazine rings is 1. The van der Waals surface area contributed by atoms with Crippen LogP contribution in [0.25, 0.3) is 0 Å². The molecule has 1 N–H and O–H groups in total. The van der Waals surface area contributed by atoms with E-state index in [1.54, 1.807) is 0 Å². The average molecular weight is 325 g/mol. The predicted octanol–water partition coefficient (Wildman–Crippen LogP) is 3.25. The second kappa shape index (κ2) is 4.51. The third-order valence-electron chi connectivity index (χ3n) is 3.69. The van der Waals surface area contributed by atoms with E-state index >= 15 is 0 Å². The Morgan fingerprint density at radius 2 is 1.89 bits per heavy atom. The number of anilines is 1. The molecule has 0 aromatic heterocycles. The molecule has 104 valence electrons. The maximum absolute atomic E-state index is 12.3. The minimum absolute atomic E-state index is 0.0734. The quantitative estimate of drug-likeness (QED) is 0.860. The lowest BCUT2D eigenvalue weighted by Crippen LogP contribution is -2.69. The Bertz CT molecular complexity index is 523. The summed E-state index contributed by atoms with van der Waals surface area (Å²) in [4.78, 5) is 14.5. The smallest absolute Gasteiger partial charge is 0.245 e. The molecule has 1 aliphatic rings. The van der Waals surface area contributed by atoms with E-state index in [-0.39, 0.29) is 11.4 Å².